The van der Waals surface area contributed by atoms with Gasteiger partial charge in [-0.2, -0.15) is 5.26 Å². The van der Waals surface area contributed by atoms with Crippen LogP contribution in [0.15, 0.2) is 54.7 Å². The van der Waals surface area contributed by atoms with Crippen molar-refractivity contribution in [1.29, 1.82) is 5.26 Å². The minimum absolute atomic E-state index is 0.0163. The Hall–Kier alpha value is -2.57. The molecule has 1 aromatic heterocycles. The van der Waals surface area contributed by atoms with E-state index in [4.69, 9.17) is 16.9 Å². The van der Waals surface area contributed by atoms with Crippen LogP contribution in [-0.2, 0) is 6.54 Å². The van der Waals surface area contributed by atoms with E-state index < -0.39 is 0 Å². The van der Waals surface area contributed by atoms with Crippen LogP contribution < -0.4 is 0 Å². The Balaban J connectivity index is 1.96. The van der Waals surface area contributed by atoms with Gasteiger partial charge in [-0.1, -0.05) is 29.8 Å². The van der Waals surface area contributed by atoms with Gasteiger partial charge in [-0.25, -0.2) is 0 Å². The van der Waals surface area contributed by atoms with Gasteiger partial charge in [-0.15, -0.1) is 0 Å². The lowest BCUT2D eigenvalue weighted by atomic mass is 10.1. The molecule has 102 valence electrons. The van der Waals surface area contributed by atoms with Crippen LogP contribution in [-0.4, -0.2) is 10.4 Å². The fourth-order valence-corrected chi connectivity index (χ4v) is 2.56. The number of benzene rings is 2. The third-order valence-corrected chi connectivity index (χ3v) is 3.63. The minimum Gasteiger partial charge on any atom is -0.340 e. The summed E-state index contributed by atoms with van der Waals surface area (Å²) in [6.45, 7) is 0.221. The standard InChI is InChI=1S/C17H11ClN2O/c18-14-5-1-3-12(9-14)17(21)11-20-8-7-15-13(10-19)4-2-6-16(15)20/h1-9H,11H2. The fourth-order valence-electron chi connectivity index (χ4n) is 2.37. The third-order valence-electron chi connectivity index (χ3n) is 3.39. The van der Waals surface area contributed by atoms with Crippen molar-refractivity contribution in [2.75, 3.05) is 0 Å². The van der Waals surface area contributed by atoms with Crippen molar-refractivity contribution in [2.24, 2.45) is 0 Å². The fraction of sp³-hybridized carbons (Fsp3) is 0.0588. The summed E-state index contributed by atoms with van der Waals surface area (Å²) in [5, 5.41) is 10.5. The molecule has 0 aliphatic rings. The zero-order chi connectivity index (χ0) is 14.8. The lowest BCUT2D eigenvalue weighted by Crippen LogP contribution is -2.09. The Kier molecular flexibility index (Phi) is 3.47. The van der Waals surface area contributed by atoms with E-state index in [1.165, 1.54) is 0 Å². The molecule has 0 unspecified atom stereocenters. The first-order chi connectivity index (χ1) is 10.2. The molecule has 4 heteroatoms. The van der Waals surface area contributed by atoms with Gasteiger partial charge in [0.1, 0.15) is 0 Å². The number of carbonyl (C=O) groups is 1. The van der Waals surface area contributed by atoms with Gasteiger partial charge in [0.2, 0.25) is 0 Å². The number of hydrogen-bond acceptors (Lipinski definition) is 2. The molecule has 0 aliphatic carbocycles. The van der Waals surface area contributed by atoms with E-state index in [9.17, 15) is 4.79 Å². The monoisotopic (exact) mass is 294 g/mol. The zero-order valence-electron chi connectivity index (χ0n) is 11.1. The van der Waals surface area contributed by atoms with Crippen molar-refractivity contribution in [3.63, 3.8) is 0 Å². The molecular weight excluding hydrogens is 284 g/mol. The minimum atomic E-state index is -0.0163. The smallest absolute Gasteiger partial charge is 0.182 e. The number of fused-ring (bicyclic) bond motifs is 1. The molecule has 0 N–H and O–H groups in total. The Labute approximate surface area is 127 Å². The normalized spacial score (nSPS) is 10.5. The van der Waals surface area contributed by atoms with Gasteiger partial charge in [-0.3, -0.25) is 4.79 Å². The molecule has 0 bridgehead atoms. The lowest BCUT2D eigenvalue weighted by molar-refractivity contribution is 0.0973. The Morgan fingerprint density at radius 3 is 2.76 bits per heavy atom. The predicted octanol–water partition coefficient (Wildman–Crippen LogP) is 4.05. The van der Waals surface area contributed by atoms with E-state index in [-0.39, 0.29) is 12.3 Å². The second-order valence-electron chi connectivity index (χ2n) is 4.73. The average molecular weight is 295 g/mol. The van der Waals surface area contributed by atoms with Crippen LogP contribution in [0.4, 0.5) is 0 Å². The highest BCUT2D eigenvalue weighted by Crippen LogP contribution is 2.20. The topological polar surface area (TPSA) is 45.8 Å². The van der Waals surface area contributed by atoms with Gasteiger partial charge in [0, 0.05) is 27.7 Å². The van der Waals surface area contributed by atoms with Gasteiger partial charge in [0.05, 0.1) is 18.2 Å². The molecule has 3 aromatic rings. The maximum Gasteiger partial charge on any atom is 0.182 e. The summed E-state index contributed by atoms with van der Waals surface area (Å²) in [7, 11) is 0. The summed E-state index contributed by atoms with van der Waals surface area (Å²) in [4.78, 5) is 12.3. The summed E-state index contributed by atoms with van der Waals surface area (Å²) in [5.41, 5.74) is 2.08. The highest BCUT2D eigenvalue weighted by atomic mass is 35.5. The second-order valence-corrected chi connectivity index (χ2v) is 5.16. The number of carbonyl (C=O) groups excluding carboxylic acids is 1. The SMILES string of the molecule is N#Cc1cccc2c1ccn2CC(=O)c1cccc(Cl)c1. The number of halogens is 1. The first-order valence-corrected chi connectivity index (χ1v) is 6.83. The summed E-state index contributed by atoms with van der Waals surface area (Å²) in [6.07, 6.45) is 1.83. The lowest BCUT2D eigenvalue weighted by Gasteiger charge is -2.05. The Morgan fingerprint density at radius 2 is 2.00 bits per heavy atom. The van der Waals surface area contributed by atoms with Crippen molar-refractivity contribution in [1.82, 2.24) is 4.57 Å². The Morgan fingerprint density at radius 1 is 1.19 bits per heavy atom. The summed E-state index contributed by atoms with van der Waals surface area (Å²) in [5.74, 6) is -0.0163. The van der Waals surface area contributed by atoms with E-state index in [2.05, 4.69) is 6.07 Å². The summed E-state index contributed by atoms with van der Waals surface area (Å²) >= 11 is 5.91. The molecule has 0 saturated carbocycles. The van der Waals surface area contributed by atoms with Crippen LogP contribution >= 0.6 is 11.6 Å². The number of nitrogens with zero attached hydrogens (tertiary/aromatic N) is 2. The largest absolute Gasteiger partial charge is 0.340 e. The molecule has 0 fully saturated rings. The molecule has 3 rings (SSSR count). The van der Waals surface area contributed by atoms with Crippen LogP contribution in [0.1, 0.15) is 15.9 Å². The van der Waals surface area contributed by atoms with Crippen LogP contribution in [0.3, 0.4) is 0 Å². The molecule has 0 spiro atoms. The van der Waals surface area contributed by atoms with Crippen molar-refractivity contribution >= 4 is 28.3 Å². The summed E-state index contributed by atoms with van der Waals surface area (Å²) < 4.78 is 1.85. The van der Waals surface area contributed by atoms with Crippen LogP contribution in [0.5, 0.6) is 0 Å². The predicted molar refractivity (Wildman–Crippen MR) is 82.4 cm³/mol. The molecule has 3 nitrogen and oxygen atoms in total. The number of hydrogen-bond donors (Lipinski definition) is 0. The van der Waals surface area contributed by atoms with Crippen molar-refractivity contribution in [3.05, 3.63) is 70.9 Å². The first-order valence-electron chi connectivity index (χ1n) is 6.46. The Bertz CT molecular complexity index is 874. The maximum atomic E-state index is 12.3. The molecule has 0 radical (unpaired) electrons. The second kappa shape index (κ2) is 5.43. The molecule has 1 heterocycles. The van der Waals surface area contributed by atoms with E-state index in [0.717, 1.165) is 10.9 Å². The summed E-state index contributed by atoms with van der Waals surface area (Å²) in [6, 6.07) is 16.4. The van der Waals surface area contributed by atoms with Gasteiger partial charge < -0.3 is 4.57 Å². The molecule has 0 saturated heterocycles. The highest BCUT2D eigenvalue weighted by molar-refractivity contribution is 6.31. The molecule has 0 amide bonds. The van der Waals surface area contributed by atoms with Gasteiger partial charge >= 0.3 is 0 Å². The van der Waals surface area contributed by atoms with E-state index in [1.807, 2.05) is 29.0 Å². The molecular formula is C17H11ClN2O. The zero-order valence-corrected chi connectivity index (χ0v) is 11.8. The molecule has 21 heavy (non-hydrogen) atoms. The van der Waals surface area contributed by atoms with E-state index in [0.29, 0.717) is 16.1 Å². The van der Waals surface area contributed by atoms with Crippen LogP contribution in [0.2, 0.25) is 5.02 Å². The number of nitriles is 1. The van der Waals surface area contributed by atoms with Gasteiger partial charge in [0.25, 0.3) is 0 Å². The highest BCUT2D eigenvalue weighted by Gasteiger charge is 2.10. The van der Waals surface area contributed by atoms with E-state index >= 15 is 0 Å². The van der Waals surface area contributed by atoms with Gasteiger partial charge in [0.15, 0.2) is 5.78 Å². The number of Topliss-reactive ketones (excluding diaryl/α,β-unsaturated/α-hetero) is 1. The molecule has 0 aliphatic heterocycles. The first kappa shape index (κ1) is 13.4. The third kappa shape index (κ3) is 2.54. The number of aromatic nitrogens is 1. The molecule has 2 aromatic carbocycles. The van der Waals surface area contributed by atoms with E-state index in [1.54, 1.807) is 30.3 Å². The van der Waals surface area contributed by atoms with Crippen molar-refractivity contribution in [2.45, 2.75) is 6.54 Å². The maximum absolute atomic E-state index is 12.3. The van der Waals surface area contributed by atoms with Gasteiger partial charge in [-0.05, 0) is 30.3 Å². The van der Waals surface area contributed by atoms with Crippen molar-refractivity contribution < 1.29 is 4.79 Å². The number of rotatable bonds is 3. The molecule has 0 atom stereocenters. The quantitative estimate of drug-likeness (QED) is 0.684. The van der Waals surface area contributed by atoms with Crippen LogP contribution in [0, 0.1) is 11.3 Å². The number of ketones is 1. The average Bonchev–Trinajstić information content (AvgIpc) is 2.90. The van der Waals surface area contributed by atoms with Crippen LogP contribution in [0.25, 0.3) is 10.9 Å². The van der Waals surface area contributed by atoms with Crippen molar-refractivity contribution in [3.8, 4) is 6.07 Å².